The van der Waals surface area contributed by atoms with Gasteiger partial charge in [-0.2, -0.15) is 9.90 Å². The van der Waals surface area contributed by atoms with Gasteiger partial charge in [0.1, 0.15) is 9.45 Å². The van der Waals surface area contributed by atoms with Crippen LogP contribution in [0.1, 0.15) is 5.56 Å². The van der Waals surface area contributed by atoms with E-state index < -0.39 is 0 Å². The van der Waals surface area contributed by atoms with Crippen molar-refractivity contribution in [3.8, 4) is 22.8 Å². The predicted octanol–water partition coefficient (Wildman–Crippen LogP) is 4.49. The van der Waals surface area contributed by atoms with Crippen LogP contribution in [0.5, 0.6) is 5.75 Å². The Morgan fingerprint density at radius 1 is 1.07 bits per heavy atom. The van der Waals surface area contributed by atoms with E-state index in [1.807, 2.05) is 36.5 Å². The van der Waals surface area contributed by atoms with E-state index in [4.69, 9.17) is 27.9 Å². The lowest BCUT2D eigenvalue weighted by Crippen LogP contribution is -2.04. The molecule has 0 fully saturated rings. The molecule has 0 atom stereocenters. The van der Waals surface area contributed by atoms with E-state index in [1.165, 1.54) is 0 Å². The van der Waals surface area contributed by atoms with Gasteiger partial charge in [0.2, 0.25) is 5.82 Å². The molecule has 0 saturated heterocycles. The zero-order chi connectivity index (χ0) is 19.7. The topological polar surface area (TPSA) is 70.7 Å². The number of hydrogen-bond donors (Lipinski definition) is 0. The summed E-state index contributed by atoms with van der Waals surface area (Å²) < 4.78 is 7.59. The molecule has 2 aromatic heterocycles. The van der Waals surface area contributed by atoms with Crippen molar-refractivity contribution in [1.29, 1.82) is 0 Å². The minimum Gasteiger partial charge on any atom is -0.497 e. The van der Waals surface area contributed by atoms with E-state index in [0.717, 1.165) is 26.3 Å². The molecule has 0 N–H and O–H groups in total. The molecule has 0 spiro atoms. The van der Waals surface area contributed by atoms with E-state index >= 15 is 0 Å². The summed E-state index contributed by atoms with van der Waals surface area (Å²) in [7, 11) is 1.64. The van der Waals surface area contributed by atoms with Gasteiger partial charge in [0, 0.05) is 11.2 Å². The number of benzene rings is 2. The molecule has 10 heteroatoms. The highest BCUT2D eigenvalue weighted by atomic mass is 127. The van der Waals surface area contributed by atoms with Crippen molar-refractivity contribution < 1.29 is 4.74 Å². The summed E-state index contributed by atoms with van der Waals surface area (Å²) in [6.07, 6.45) is 1.83. The maximum absolute atomic E-state index is 6.28. The predicted molar refractivity (Wildman–Crippen MR) is 115 cm³/mol. The Bertz CT molecular complexity index is 1130. The molecular weight excluding hydrogens is 514 g/mol. The zero-order valence-corrected chi connectivity index (χ0v) is 18.2. The standard InChI is InChI=1S/C18H13Cl2IN6O/c1-28-13-5-2-11(3-6-13)9-27-24-18(22-25-27)14-10-26(23-17(14)21)16-7-4-12(19)8-15(16)20/h2-8,10H,9H2,1H3. The fourth-order valence-electron chi connectivity index (χ4n) is 2.61. The van der Waals surface area contributed by atoms with Gasteiger partial charge in [-0.3, -0.25) is 0 Å². The van der Waals surface area contributed by atoms with Crippen LogP contribution in [0.15, 0.2) is 48.7 Å². The van der Waals surface area contributed by atoms with Crippen LogP contribution in [0.4, 0.5) is 0 Å². The third-order valence-corrected chi connectivity index (χ3v) is 5.34. The zero-order valence-electron chi connectivity index (χ0n) is 14.6. The van der Waals surface area contributed by atoms with Crippen molar-refractivity contribution in [2.45, 2.75) is 6.54 Å². The Kier molecular flexibility index (Phi) is 5.51. The van der Waals surface area contributed by atoms with Crippen LogP contribution in [-0.2, 0) is 6.54 Å². The second kappa shape index (κ2) is 8.06. The molecule has 2 aromatic carbocycles. The quantitative estimate of drug-likeness (QED) is 0.358. The first kappa shape index (κ1) is 19.2. The first-order valence-electron chi connectivity index (χ1n) is 8.15. The van der Waals surface area contributed by atoms with Crippen molar-refractivity contribution in [3.63, 3.8) is 0 Å². The summed E-state index contributed by atoms with van der Waals surface area (Å²) in [6, 6.07) is 13.0. The lowest BCUT2D eigenvalue weighted by atomic mass is 10.2. The van der Waals surface area contributed by atoms with Crippen LogP contribution >= 0.6 is 45.8 Å². The SMILES string of the molecule is COc1ccc(Cn2nnc(-c3cn(-c4ccc(Cl)cc4Cl)nc3I)n2)cc1. The fraction of sp³-hybridized carbons (Fsp3) is 0.111. The lowest BCUT2D eigenvalue weighted by molar-refractivity contribution is 0.414. The molecule has 0 radical (unpaired) electrons. The second-order valence-electron chi connectivity index (χ2n) is 5.87. The van der Waals surface area contributed by atoms with Crippen molar-refractivity contribution in [2.75, 3.05) is 7.11 Å². The Morgan fingerprint density at radius 3 is 2.57 bits per heavy atom. The van der Waals surface area contributed by atoms with Crippen LogP contribution in [0.3, 0.4) is 0 Å². The molecule has 0 amide bonds. The van der Waals surface area contributed by atoms with Gasteiger partial charge in [0.25, 0.3) is 0 Å². The van der Waals surface area contributed by atoms with Gasteiger partial charge in [0.15, 0.2) is 0 Å². The molecule has 0 aliphatic rings. The third kappa shape index (κ3) is 3.98. The number of halogens is 3. The fourth-order valence-corrected chi connectivity index (χ4v) is 3.71. The summed E-state index contributed by atoms with van der Waals surface area (Å²) in [5.74, 6) is 1.30. The largest absolute Gasteiger partial charge is 0.497 e. The second-order valence-corrected chi connectivity index (χ2v) is 7.73. The minimum absolute atomic E-state index is 0.495. The van der Waals surface area contributed by atoms with Gasteiger partial charge in [-0.05, 0) is 63.7 Å². The Labute approximate surface area is 184 Å². The van der Waals surface area contributed by atoms with Crippen molar-refractivity contribution in [1.82, 2.24) is 30.0 Å². The van der Waals surface area contributed by atoms with Crippen LogP contribution < -0.4 is 4.74 Å². The van der Waals surface area contributed by atoms with Crippen LogP contribution in [0.25, 0.3) is 17.1 Å². The summed E-state index contributed by atoms with van der Waals surface area (Å²) >= 11 is 14.4. The number of tetrazole rings is 1. The van der Waals surface area contributed by atoms with Crippen molar-refractivity contribution >= 4 is 45.8 Å². The van der Waals surface area contributed by atoms with Gasteiger partial charge in [-0.15, -0.1) is 10.2 Å². The van der Waals surface area contributed by atoms with E-state index in [-0.39, 0.29) is 0 Å². The Morgan fingerprint density at radius 2 is 1.86 bits per heavy atom. The summed E-state index contributed by atoms with van der Waals surface area (Å²) in [5, 5.41) is 18.4. The molecule has 0 bridgehead atoms. The molecule has 0 aliphatic carbocycles. The van der Waals surface area contributed by atoms with Gasteiger partial charge in [0.05, 0.1) is 29.9 Å². The van der Waals surface area contributed by atoms with E-state index in [2.05, 4.69) is 43.1 Å². The van der Waals surface area contributed by atoms with Gasteiger partial charge in [-0.1, -0.05) is 35.3 Å². The van der Waals surface area contributed by atoms with Gasteiger partial charge < -0.3 is 4.74 Å². The molecule has 7 nitrogen and oxygen atoms in total. The van der Waals surface area contributed by atoms with Gasteiger partial charge >= 0.3 is 0 Å². The average molecular weight is 527 g/mol. The van der Waals surface area contributed by atoms with Crippen molar-refractivity contribution in [2.24, 2.45) is 0 Å². The molecular formula is C18H13Cl2IN6O. The lowest BCUT2D eigenvalue weighted by Gasteiger charge is -2.03. The molecule has 2 heterocycles. The van der Waals surface area contributed by atoms with Crippen LogP contribution in [0.2, 0.25) is 10.0 Å². The Balaban J connectivity index is 1.59. The number of aromatic nitrogens is 6. The summed E-state index contributed by atoms with van der Waals surface area (Å²) in [6.45, 7) is 0.505. The molecule has 0 aliphatic heterocycles. The Hall–Kier alpha value is -2.17. The average Bonchev–Trinajstić information content (AvgIpc) is 3.29. The van der Waals surface area contributed by atoms with Crippen LogP contribution in [-0.4, -0.2) is 37.1 Å². The normalized spacial score (nSPS) is 11.0. The monoisotopic (exact) mass is 526 g/mol. The number of nitrogens with zero attached hydrogens (tertiary/aromatic N) is 6. The molecule has 142 valence electrons. The summed E-state index contributed by atoms with van der Waals surface area (Å²) in [5.41, 5.74) is 2.54. The van der Waals surface area contributed by atoms with Gasteiger partial charge in [-0.25, -0.2) is 4.68 Å². The minimum atomic E-state index is 0.495. The van der Waals surface area contributed by atoms with Crippen LogP contribution in [0, 0.1) is 3.70 Å². The number of hydrogen-bond acceptors (Lipinski definition) is 5. The smallest absolute Gasteiger partial charge is 0.209 e. The van der Waals surface area contributed by atoms with E-state index in [9.17, 15) is 0 Å². The summed E-state index contributed by atoms with van der Waals surface area (Å²) in [4.78, 5) is 1.54. The molecule has 4 aromatic rings. The van der Waals surface area contributed by atoms with E-state index in [1.54, 1.807) is 28.7 Å². The first-order valence-corrected chi connectivity index (χ1v) is 9.98. The highest BCUT2D eigenvalue weighted by Crippen LogP contribution is 2.27. The third-order valence-electron chi connectivity index (χ3n) is 4.00. The van der Waals surface area contributed by atoms with Crippen molar-refractivity contribution in [3.05, 3.63) is 68.0 Å². The molecule has 4 rings (SSSR count). The van der Waals surface area contributed by atoms with E-state index in [0.29, 0.717) is 22.4 Å². The number of rotatable bonds is 5. The highest BCUT2D eigenvalue weighted by Gasteiger charge is 2.16. The maximum Gasteiger partial charge on any atom is 0.209 e. The molecule has 28 heavy (non-hydrogen) atoms. The number of ether oxygens (including phenoxy) is 1. The first-order chi connectivity index (χ1) is 13.5. The number of methoxy groups -OCH3 is 1. The molecule has 0 saturated carbocycles. The highest BCUT2D eigenvalue weighted by molar-refractivity contribution is 14.1. The molecule has 0 unspecified atom stereocenters. The maximum atomic E-state index is 6.28.